The van der Waals surface area contributed by atoms with E-state index < -0.39 is 6.10 Å². The molecular formula is C19H18ClNO2. The van der Waals surface area contributed by atoms with Gasteiger partial charge in [0, 0.05) is 16.9 Å². The summed E-state index contributed by atoms with van der Waals surface area (Å²) >= 11 is 6.26. The predicted octanol–water partition coefficient (Wildman–Crippen LogP) is 4.33. The van der Waals surface area contributed by atoms with Gasteiger partial charge in [-0.15, -0.1) is 0 Å². The van der Waals surface area contributed by atoms with Crippen molar-refractivity contribution in [2.24, 2.45) is 0 Å². The fourth-order valence-corrected chi connectivity index (χ4v) is 3.02. The SMILES string of the molecule is CC(O)C(C)c1c(-c2ccccc2)[nH]c2c(Cl)cccc2c1=O. The Morgan fingerprint density at radius 1 is 1.04 bits per heavy atom. The Labute approximate surface area is 139 Å². The van der Waals surface area contributed by atoms with Crippen molar-refractivity contribution in [1.29, 1.82) is 0 Å². The second kappa shape index (κ2) is 6.19. The van der Waals surface area contributed by atoms with Gasteiger partial charge < -0.3 is 10.1 Å². The third kappa shape index (κ3) is 2.78. The summed E-state index contributed by atoms with van der Waals surface area (Å²) in [6, 6.07) is 14.9. The molecule has 118 valence electrons. The number of pyridine rings is 1. The number of para-hydroxylation sites is 1. The summed E-state index contributed by atoms with van der Waals surface area (Å²) in [6.45, 7) is 3.55. The normalized spacial score (nSPS) is 13.9. The van der Waals surface area contributed by atoms with E-state index in [1.807, 2.05) is 37.3 Å². The number of nitrogens with one attached hydrogen (secondary N) is 1. The van der Waals surface area contributed by atoms with Crippen LogP contribution in [-0.2, 0) is 0 Å². The highest BCUT2D eigenvalue weighted by Gasteiger charge is 2.22. The Hall–Kier alpha value is -2.10. The molecule has 0 spiro atoms. The highest BCUT2D eigenvalue weighted by atomic mass is 35.5. The average Bonchev–Trinajstić information content (AvgIpc) is 2.55. The highest BCUT2D eigenvalue weighted by Crippen LogP contribution is 2.31. The molecule has 3 rings (SSSR count). The molecule has 1 heterocycles. The van der Waals surface area contributed by atoms with E-state index in [1.165, 1.54) is 0 Å². The van der Waals surface area contributed by atoms with Crippen LogP contribution in [0.25, 0.3) is 22.2 Å². The maximum absolute atomic E-state index is 13.0. The number of hydrogen-bond donors (Lipinski definition) is 2. The van der Waals surface area contributed by atoms with E-state index in [0.29, 0.717) is 27.2 Å². The Kier molecular flexibility index (Phi) is 4.24. The molecule has 1 aromatic heterocycles. The lowest BCUT2D eigenvalue weighted by atomic mass is 9.90. The van der Waals surface area contributed by atoms with Crippen molar-refractivity contribution in [2.75, 3.05) is 0 Å². The number of halogens is 1. The van der Waals surface area contributed by atoms with Crippen LogP contribution in [0.2, 0.25) is 5.02 Å². The third-order valence-corrected chi connectivity index (χ3v) is 4.58. The van der Waals surface area contributed by atoms with E-state index in [4.69, 9.17) is 11.6 Å². The lowest BCUT2D eigenvalue weighted by Crippen LogP contribution is -2.22. The van der Waals surface area contributed by atoms with Crippen LogP contribution >= 0.6 is 11.6 Å². The molecule has 23 heavy (non-hydrogen) atoms. The molecule has 0 aliphatic carbocycles. The van der Waals surface area contributed by atoms with Gasteiger partial charge >= 0.3 is 0 Å². The molecule has 0 fully saturated rings. The lowest BCUT2D eigenvalue weighted by Gasteiger charge is -2.19. The number of aromatic nitrogens is 1. The van der Waals surface area contributed by atoms with E-state index in [2.05, 4.69) is 4.98 Å². The fraction of sp³-hybridized carbons (Fsp3) is 0.211. The smallest absolute Gasteiger partial charge is 0.193 e. The van der Waals surface area contributed by atoms with Crippen molar-refractivity contribution in [3.8, 4) is 11.3 Å². The van der Waals surface area contributed by atoms with Gasteiger partial charge in [-0.25, -0.2) is 0 Å². The molecule has 0 radical (unpaired) electrons. The largest absolute Gasteiger partial charge is 0.393 e. The molecule has 3 aromatic rings. The van der Waals surface area contributed by atoms with E-state index in [9.17, 15) is 9.90 Å². The van der Waals surface area contributed by atoms with Gasteiger partial charge in [-0.05, 0) is 24.6 Å². The van der Waals surface area contributed by atoms with Crippen LogP contribution in [0.3, 0.4) is 0 Å². The topological polar surface area (TPSA) is 53.1 Å². The Morgan fingerprint density at radius 2 is 1.74 bits per heavy atom. The third-order valence-electron chi connectivity index (χ3n) is 4.26. The zero-order valence-electron chi connectivity index (χ0n) is 13.0. The quantitative estimate of drug-likeness (QED) is 0.752. The standard InChI is InChI=1S/C19H18ClNO2/c1-11(12(2)22)16-17(13-7-4-3-5-8-13)21-18-14(19(16)23)9-6-10-15(18)20/h3-12,22H,1-2H3,(H,21,23). The maximum Gasteiger partial charge on any atom is 0.193 e. The number of H-pyrrole nitrogens is 1. The van der Waals surface area contributed by atoms with Crippen LogP contribution in [0.5, 0.6) is 0 Å². The second-order valence-corrected chi connectivity index (χ2v) is 6.21. The molecule has 3 nitrogen and oxygen atoms in total. The number of fused-ring (bicyclic) bond motifs is 1. The first-order valence-electron chi connectivity index (χ1n) is 7.58. The highest BCUT2D eigenvalue weighted by molar-refractivity contribution is 6.35. The first kappa shape index (κ1) is 15.8. The van der Waals surface area contributed by atoms with Crippen molar-refractivity contribution in [1.82, 2.24) is 4.98 Å². The van der Waals surface area contributed by atoms with Gasteiger partial charge in [0.2, 0.25) is 0 Å². The first-order valence-corrected chi connectivity index (χ1v) is 7.96. The monoisotopic (exact) mass is 327 g/mol. The van der Waals surface area contributed by atoms with E-state index in [1.54, 1.807) is 25.1 Å². The zero-order chi connectivity index (χ0) is 16.6. The summed E-state index contributed by atoms with van der Waals surface area (Å²) in [5, 5.41) is 11.1. The summed E-state index contributed by atoms with van der Waals surface area (Å²) < 4.78 is 0. The average molecular weight is 328 g/mol. The van der Waals surface area contributed by atoms with Gasteiger partial charge in [0.15, 0.2) is 5.43 Å². The number of aliphatic hydroxyl groups is 1. The molecule has 0 aliphatic heterocycles. The van der Waals surface area contributed by atoms with Crippen LogP contribution in [0.4, 0.5) is 0 Å². The van der Waals surface area contributed by atoms with Gasteiger partial charge in [0.1, 0.15) is 0 Å². The summed E-state index contributed by atoms with van der Waals surface area (Å²) in [5.74, 6) is -0.294. The number of hydrogen-bond acceptors (Lipinski definition) is 2. The van der Waals surface area contributed by atoms with Gasteiger partial charge in [-0.2, -0.15) is 0 Å². The minimum Gasteiger partial charge on any atom is -0.393 e. The van der Waals surface area contributed by atoms with Gasteiger partial charge in [0.25, 0.3) is 0 Å². The van der Waals surface area contributed by atoms with Crippen molar-refractivity contribution in [3.63, 3.8) is 0 Å². The van der Waals surface area contributed by atoms with E-state index in [0.717, 1.165) is 5.56 Å². The van der Waals surface area contributed by atoms with Crippen LogP contribution < -0.4 is 5.43 Å². The molecule has 2 unspecified atom stereocenters. The van der Waals surface area contributed by atoms with Crippen molar-refractivity contribution in [2.45, 2.75) is 25.9 Å². The number of aliphatic hydroxyl groups excluding tert-OH is 1. The van der Waals surface area contributed by atoms with Crippen LogP contribution in [0.1, 0.15) is 25.3 Å². The summed E-state index contributed by atoms with van der Waals surface area (Å²) in [5.41, 5.74) is 2.73. The van der Waals surface area contributed by atoms with Gasteiger partial charge in [0.05, 0.1) is 22.3 Å². The molecule has 0 amide bonds. The van der Waals surface area contributed by atoms with Crippen molar-refractivity contribution >= 4 is 22.5 Å². The van der Waals surface area contributed by atoms with Crippen LogP contribution in [0, 0.1) is 0 Å². The Bertz CT molecular complexity index is 900. The number of benzene rings is 2. The van der Waals surface area contributed by atoms with Crippen LogP contribution in [0.15, 0.2) is 53.3 Å². The molecular weight excluding hydrogens is 310 g/mol. The Balaban J connectivity index is 2.43. The fourth-order valence-electron chi connectivity index (χ4n) is 2.80. The molecule has 2 N–H and O–H groups in total. The molecule has 2 aromatic carbocycles. The van der Waals surface area contributed by atoms with Gasteiger partial charge in [-0.3, -0.25) is 4.79 Å². The van der Waals surface area contributed by atoms with Gasteiger partial charge in [-0.1, -0.05) is 54.9 Å². The van der Waals surface area contributed by atoms with Crippen LogP contribution in [-0.4, -0.2) is 16.2 Å². The van der Waals surface area contributed by atoms with E-state index in [-0.39, 0.29) is 11.3 Å². The molecule has 0 saturated carbocycles. The molecule has 0 aliphatic rings. The second-order valence-electron chi connectivity index (χ2n) is 5.80. The summed E-state index contributed by atoms with van der Waals surface area (Å²) in [7, 11) is 0. The van der Waals surface area contributed by atoms with E-state index >= 15 is 0 Å². The molecule has 0 saturated heterocycles. The number of rotatable bonds is 3. The predicted molar refractivity (Wildman–Crippen MR) is 95.1 cm³/mol. The minimum absolute atomic E-state index is 0.0893. The molecule has 4 heteroatoms. The summed E-state index contributed by atoms with van der Waals surface area (Å²) in [6.07, 6.45) is -0.629. The molecule has 2 atom stereocenters. The number of aromatic amines is 1. The first-order chi connectivity index (χ1) is 11.0. The maximum atomic E-state index is 13.0. The minimum atomic E-state index is -0.629. The Morgan fingerprint density at radius 3 is 2.39 bits per heavy atom. The lowest BCUT2D eigenvalue weighted by molar-refractivity contribution is 0.169. The summed E-state index contributed by atoms with van der Waals surface area (Å²) in [4.78, 5) is 16.3. The molecule has 0 bridgehead atoms. The zero-order valence-corrected chi connectivity index (χ0v) is 13.8. The van der Waals surface area contributed by atoms with Crippen molar-refractivity contribution < 1.29 is 5.11 Å². The van der Waals surface area contributed by atoms with Crippen molar-refractivity contribution in [3.05, 3.63) is 69.3 Å².